The molecule has 1 unspecified atom stereocenters. The summed E-state index contributed by atoms with van der Waals surface area (Å²) in [5, 5.41) is 4.59. The average molecular weight is 417 g/mol. The lowest BCUT2D eigenvalue weighted by molar-refractivity contribution is 0.445. The highest BCUT2D eigenvalue weighted by atomic mass is 19.1. The number of fused-ring (bicyclic) bond motifs is 1. The van der Waals surface area contributed by atoms with E-state index in [0.717, 1.165) is 42.0 Å². The van der Waals surface area contributed by atoms with E-state index in [-0.39, 0.29) is 17.6 Å². The average Bonchev–Trinajstić information content (AvgIpc) is 3.38. The first-order valence-electron chi connectivity index (χ1n) is 10.3. The Kier molecular flexibility index (Phi) is 4.94. The van der Waals surface area contributed by atoms with Crippen LogP contribution in [0.25, 0.3) is 17.8 Å². The van der Waals surface area contributed by atoms with Gasteiger partial charge in [-0.15, -0.1) is 0 Å². The quantitative estimate of drug-likeness (QED) is 0.462. The molecule has 0 saturated heterocycles. The van der Waals surface area contributed by atoms with Crippen molar-refractivity contribution >= 4 is 12.2 Å². The summed E-state index contributed by atoms with van der Waals surface area (Å²) in [5.74, 6) is 0.992. The van der Waals surface area contributed by atoms with Crippen molar-refractivity contribution in [3.63, 3.8) is 0 Å². The van der Waals surface area contributed by atoms with Crippen LogP contribution in [0.2, 0.25) is 0 Å². The largest absolute Gasteiger partial charge is 0.303 e. The SMILES string of the molecule is Cc1cn(-c2ccc(C=Cc3nc4n(n3)CCCC4c3ccc(F)cc3)cc2F)cn1. The minimum atomic E-state index is -0.326. The third-order valence-corrected chi connectivity index (χ3v) is 5.55. The molecule has 2 aromatic heterocycles. The first-order valence-corrected chi connectivity index (χ1v) is 10.3. The van der Waals surface area contributed by atoms with Crippen molar-refractivity contribution < 1.29 is 8.78 Å². The fourth-order valence-electron chi connectivity index (χ4n) is 4.01. The molecule has 0 radical (unpaired) electrons. The van der Waals surface area contributed by atoms with Crippen molar-refractivity contribution in [1.29, 1.82) is 0 Å². The van der Waals surface area contributed by atoms with E-state index in [4.69, 9.17) is 4.98 Å². The fourth-order valence-corrected chi connectivity index (χ4v) is 4.01. The Labute approximate surface area is 178 Å². The van der Waals surface area contributed by atoms with Gasteiger partial charge in [-0.2, -0.15) is 5.10 Å². The normalized spacial score (nSPS) is 16.0. The number of benzene rings is 2. The van der Waals surface area contributed by atoms with Crippen LogP contribution in [0.15, 0.2) is 55.0 Å². The molecule has 7 heteroatoms. The summed E-state index contributed by atoms with van der Waals surface area (Å²) >= 11 is 0. The molecule has 5 nitrogen and oxygen atoms in total. The van der Waals surface area contributed by atoms with E-state index in [2.05, 4.69) is 10.1 Å². The number of halogens is 2. The van der Waals surface area contributed by atoms with Gasteiger partial charge >= 0.3 is 0 Å². The molecule has 0 fully saturated rings. The second kappa shape index (κ2) is 7.91. The molecule has 3 heterocycles. The number of aryl methyl sites for hydroxylation is 2. The van der Waals surface area contributed by atoms with Crippen molar-refractivity contribution in [2.24, 2.45) is 0 Å². The summed E-state index contributed by atoms with van der Waals surface area (Å²) in [6.07, 6.45) is 8.92. The van der Waals surface area contributed by atoms with E-state index in [9.17, 15) is 8.78 Å². The van der Waals surface area contributed by atoms with Crippen molar-refractivity contribution in [2.75, 3.05) is 0 Å². The molecule has 2 aromatic carbocycles. The molecular weight excluding hydrogens is 396 g/mol. The van der Waals surface area contributed by atoms with Crippen LogP contribution < -0.4 is 0 Å². The maximum atomic E-state index is 14.6. The van der Waals surface area contributed by atoms with E-state index < -0.39 is 0 Å². The summed E-state index contributed by atoms with van der Waals surface area (Å²) in [6.45, 7) is 2.67. The zero-order chi connectivity index (χ0) is 21.4. The van der Waals surface area contributed by atoms with Crippen LogP contribution in [-0.4, -0.2) is 24.3 Å². The summed E-state index contributed by atoms with van der Waals surface area (Å²) in [7, 11) is 0. The van der Waals surface area contributed by atoms with Crippen molar-refractivity contribution in [1.82, 2.24) is 24.3 Å². The van der Waals surface area contributed by atoms with E-state index in [1.807, 2.05) is 29.8 Å². The monoisotopic (exact) mass is 417 g/mol. The molecule has 1 aliphatic heterocycles. The Bertz CT molecular complexity index is 1250. The number of nitrogens with zero attached hydrogens (tertiary/aromatic N) is 5. The number of hydrogen-bond donors (Lipinski definition) is 0. The molecule has 31 heavy (non-hydrogen) atoms. The van der Waals surface area contributed by atoms with Crippen molar-refractivity contribution in [3.05, 3.63) is 95.1 Å². The van der Waals surface area contributed by atoms with Gasteiger partial charge in [-0.25, -0.2) is 23.4 Å². The molecule has 0 saturated carbocycles. The third-order valence-electron chi connectivity index (χ3n) is 5.55. The second-order valence-corrected chi connectivity index (χ2v) is 7.76. The molecule has 0 aliphatic carbocycles. The molecule has 1 aliphatic rings. The summed E-state index contributed by atoms with van der Waals surface area (Å²) < 4.78 is 31.5. The van der Waals surface area contributed by atoms with E-state index in [0.29, 0.717) is 11.5 Å². The Hall–Kier alpha value is -3.61. The van der Waals surface area contributed by atoms with Crippen LogP contribution in [-0.2, 0) is 6.54 Å². The number of rotatable bonds is 4. The molecule has 0 bridgehead atoms. The molecule has 5 rings (SSSR count). The zero-order valence-electron chi connectivity index (χ0n) is 17.0. The standard InChI is InChI=1S/C24H21F2N5/c1-16-14-30(15-27-16)22-10-4-17(13-21(22)26)5-11-23-28-24-20(3-2-12-31(24)29-23)18-6-8-19(25)9-7-18/h4-11,13-15,20H,2-3,12H2,1H3. The van der Waals surface area contributed by atoms with Gasteiger partial charge in [0.15, 0.2) is 5.82 Å². The highest BCUT2D eigenvalue weighted by Gasteiger charge is 2.25. The minimum Gasteiger partial charge on any atom is -0.303 e. The first kappa shape index (κ1) is 19.4. The summed E-state index contributed by atoms with van der Waals surface area (Å²) in [5.41, 5.74) is 3.05. The Morgan fingerprint density at radius 1 is 1.06 bits per heavy atom. The maximum Gasteiger partial charge on any atom is 0.174 e. The molecule has 4 aromatic rings. The number of aromatic nitrogens is 5. The van der Waals surface area contributed by atoms with Crippen LogP contribution in [0.5, 0.6) is 0 Å². The van der Waals surface area contributed by atoms with Gasteiger partial charge in [0.05, 0.1) is 17.7 Å². The van der Waals surface area contributed by atoms with Crippen molar-refractivity contribution in [2.45, 2.75) is 32.2 Å². The molecular formula is C24H21F2N5. The molecule has 0 spiro atoms. The molecule has 1 atom stereocenters. The van der Waals surface area contributed by atoms with Gasteiger partial charge in [-0.3, -0.25) is 0 Å². The van der Waals surface area contributed by atoms with Gasteiger partial charge in [0.2, 0.25) is 0 Å². The van der Waals surface area contributed by atoms with Gasteiger partial charge in [-0.05, 0) is 61.2 Å². The predicted molar refractivity (Wildman–Crippen MR) is 115 cm³/mol. The predicted octanol–water partition coefficient (Wildman–Crippen LogP) is 5.15. The maximum absolute atomic E-state index is 14.6. The van der Waals surface area contributed by atoms with E-state index >= 15 is 0 Å². The Morgan fingerprint density at radius 2 is 1.90 bits per heavy atom. The number of hydrogen-bond acceptors (Lipinski definition) is 3. The summed E-state index contributed by atoms with van der Waals surface area (Å²) in [4.78, 5) is 8.84. The summed E-state index contributed by atoms with van der Waals surface area (Å²) in [6, 6.07) is 11.6. The van der Waals surface area contributed by atoms with E-state index in [1.54, 1.807) is 35.3 Å². The zero-order valence-corrected chi connectivity index (χ0v) is 17.0. The smallest absolute Gasteiger partial charge is 0.174 e. The molecule has 0 N–H and O–H groups in total. The topological polar surface area (TPSA) is 48.5 Å². The highest BCUT2D eigenvalue weighted by molar-refractivity contribution is 5.67. The number of imidazole rings is 1. The van der Waals surface area contributed by atoms with Crippen LogP contribution in [0.3, 0.4) is 0 Å². The van der Waals surface area contributed by atoms with Crippen LogP contribution in [0.1, 0.15) is 47.2 Å². The van der Waals surface area contributed by atoms with Crippen LogP contribution >= 0.6 is 0 Å². The first-order chi connectivity index (χ1) is 15.1. The Morgan fingerprint density at radius 3 is 2.65 bits per heavy atom. The van der Waals surface area contributed by atoms with Crippen LogP contribution in [0.4, 0.5) is 8.78 Å². The van der Waals surface area contributed by atoms with Gasteiger partial charge in [-0.1, -0.05) is 24.3 Å². The van der Waals surface area contributed by atoms with Gasteiger partial charge in [0.25, 0.3) is 0 Å². The van der Waals surface area contributed by atoms with Crippen LogP contribution in [0, 0.1) is 18.6 Å². The fraction of sp³-hybridized carbons (Fsp3) is 0.208. The second-order valence-electron chi connectivity index (χ2n) is 7.76. The van der Waals surface area contributed by atoms with E-state index in [1.165, 1.54) is 18.2 Å². The van der Waals surface area contributed by atoms with Gasteiger partial charge < -0.3 is 4.57 Å². The highest BCUT2D eigenvalue weighted by Crippen LogP contribution is 2.32. The Balaban J connectivity index is 1.38. The lowest BCUT2D eigenvalue weighted by Gasteiger charge is -2.22. The molecule has 0 amide bonds. The van der Waals surface area contributed by atoms with Gasteiger partial charge in [0, 0.05) is 18.7 Å². The lowest BCUT2D eigenvalue weighted by Crippen LogP contribution is -2.17. The van der Waals surface area contributed by atoms with Gasteiger partial charge in [0.1, 0.15) is 17.5 Å². The minimum absolute atomic E-state index is 0.0966. The third kappa shape index (κ3) is 3.91. The van der Waals surface area contributed by atoms with Crippen molar-refractivity contribution in [3.8, 4) is 5.69 Å². The molecule has 156 valence electrons. The lowest BCUT2D eigenvalue weighted by atomic mass is 9.91.